The molecule has 8 heteroatoms. The molecule has 0 bridgehead atoms. The summed E-state index contributed by atoms with van der Waals surface area (Å²) in [4.78, 5) is 24.7. The molecule has 2 aromatic rings. The lowest BCUT2D eigenvalue weighted by atomic mass is 9.99. The van der Waals surface area contributed by atoms with Crippen molar-refractivity contribution in [2.75, 3.05) is 20.3 Å². The topological polar surface area (TPSA) is 109 Å². The smallest absolute Gasteiger partial charge is 0.243 e. The summed E-state index contributed by atoms with van der Waals surface area (Å²) >= 11 is 0. The van der Waals surface area contributed by atoms with E-state index in [1.54, 1.807) is 19.3 Å². The van der Waals surface area contributed by atoms with Crippen LogP contribution in [0.3, 0.4) is 0 Å². The first kappa shape index (κ1) is 29.1. The van der Waals surface area contributed by atoms with Crippen LogP contribution in [0.4, 0.5) is 0 Å². The minimum absolute atomic E-state index is 0.0643. The quantitative estimate of drug-likeness (QED) is 0.268. The Kier molecular flexibility index (Phi) is 11.1. The van der Waals surface area contributed by atoms with Crippen molar-refractivity contribution in [2.45, 2.75) is 56.5 Å². The molecule has 0 heterocycles. The number of hydrogen-bond donors (Lipinski definition) is 4. The van der Waals surface area contributed by atoms with Crippen LogP contribution in [-0.4, -0.2) is 55.4 Å². The number of ether oxygens (including phenoxy) is 2. The second-order valence-electron chi connectivity index (χ2n) is 9.45. The first-order valence-electron chi connectivity index (χ1n) is 12.9. The molecule has 0 radical (unpaired) electrons. The molecule has 0 saturated heterocycles. The third-order valence-corrected chi connectivity index (χ3v) is 6.64. The highest BCUT2D eigenvalue weighted by Gasteiger charge is 2.33. The van der Waals surface area contributed by atoms with Gasteiger partial charge in [-0.05, 0) is 48.1 Å². The Hall–Kier alpha value is -3.46. The molecule has 204 valence electrons. The number of hydrogen-bond acceptors (Lipinski definition) is 6. The Bertz CT molecular complexity index is 1090. The average molecular weight is 522 g/mol. The molecule has 2 aromatic carbocycles. The third-order valence-electron chi connectivity index (χ3n) is 6.64. The number of benzene rings is 2. The van der Waals surface area contributed by atoms with E-state index in [0.29, 0.717) is 19.4 Å². The van der Waals surface area contributed by atoms with Gasteiger partial charge in [-0.3, -0.25) is 9.59 Å². The number of aliphatic hydroxyl groups excluding tert-OH is 1. The van der Waals surface area contributed by atoms with E-state index < -0.39 is 18.2 Å². The molecule has 8 nitrogen and oxygen atoms in total. The highest BCUT2D eigenvalue weighted by atomic mass is 16.5. The number of aliphatic hydroxyl groups is 1. The molecule has 0 aliphatic heterocycles. The number of carbonyl (C=O) groups excluding carboxylic acids is 2. The summed E-state index contributed by atoms with van der Waals surface area (Å²) in [6.45, 7) is 9.47. The lowest BCUT2D eigenvalue weighted by Crippen LogP contribution is -2.54. The second kappa shape index (κ2) is 14.5. The van der Waals surface area contributed by atoms with Crippen molar-refractivity contribution in [1.29, 1.82) is 0 Å². The van der Waals surface area contributed by atoms with Crippen molar-refractivity contribution >= 4 is 11.8 Å². The van der Waals surface area contributed by atoms with Crippen molar-refractivity contribution in [3.05, 3.63) is 90.5 Å². The molecule has 3 rings (SSSR count). The molecule has 0 aromatic heterocycles. The van der Waals surface area contributed by atoms with Crippen LogP contribution in [0.25, 0.3) is 0 Å². The lowest BCUT2D eigenvalue weighted by Gasteiger charge is -2.28. The fraction of sp³-hybridized carbons (Fsp3) is 0.400. The summed E-state index contributed by atoms with van der Waals surface area (Å²) < 4.78 is 11.4. The van der Waals surface area contributed by atoms with Gasteiger partial charge in [0.2, 0.25) is 11.8 Å². The third kappa shape index (κ3) is 8.02. The van der Waals surface area contributed by atoms with Crippen LogP contribution >= 0.6 is 0 Å². The highest BCUT2D eigenvalue weighted by molar-refractivity contribution is 5.87. The Morgan fingerprint density at radius 2 is 1.87 bits per heavy atom. The lowest BCUT2D eigenvalue weighted by molar-refractivity contribution is -0.129. The normalized spacial score (nSPS) is 18.5. The first-order chi connectivity index (χ1) is 18.4. The van der Waals surface area contributed by atoms with Crippen LogP contribution in [0.2, 0.25) is 0 Å². The van der Waals surface area contributed by atoms with Gasteiger partial charge >= 0.3 is 0 Å². The molecule has 2 amide bonds. The van der Waals surface area contributed by atoms with Crippen LogP contribution in [0.1, 0.15) is 48.6 Å². The number of carbonyl (C=O) groups is 2. The summed E-state index contributed by atoms with van der Waals surface area (Å²) in [5.74, 6) is 0.0761. The number of rotatable bonds is 15. The Balaban J connectivity index is 1.74. The zero-order valence-corrected chi connectivity index (χ0v) is 22.2. The van der Waals surface area contributed by atoms with Gasteiger partial charge in [0, 0.05) is 19.5 Å². The van der Waals surface area contributed by atoms with E-state index in [9.17, 15) is 14.7 Å². The number of amides is 2. The van der Waals surface area contributed by atoms with E-state index in [0.717, 1.165) is 22.4 Å². The average Bonchev–Trinajstić information content (AvgIpc) is 3.26. The molecular formula is C30H39N3O5. The van der Waals surface area contributed by atoms with Crippen molar-refractivity contribution in [3.8, 4) is 5.75 Å². The minimum Gasteiger partial charge on any atom is -0.497 e. The molecule has 0 spiro atoms. The van der Waals surface area contributed by atoms with Crippen molar-refractivity contribution < 1.29 is 24.2 Å². The van der Waals surface area contributed by atoms with Gasteiger partial charge in [0.1, 0.15) is 11.8 Å². The summed E-state index contributed by atoms with van der Waals surface area (Å²) in [6, 6.07) is 14.2. The van der Waals surface area contributed by atoms with Crippen LogP contribution < -0.4 is 20.7 Å². The number of methoxy groups -OCH3 is 1. The molecule has 1 aliphatic carbocycles. The fourth-order valence-electron chi connectivity index (χ4n) is 4.76. The van der Waals surface area contributed by atoms with Gasteiger partial charge < -0.3 is 30.5 Å². The molecule has 38 heavy (non-hydrogen) atoms. The highest BCUT2D eigenvalue weighted by Crippen LogP contribution is 2.42. The molecular weight excluding hydrogens is 482 g/mol. The molecule has 5 atom stereocenters. The first-order valence-corrected chi connectivity index (χ1v) is 12.9. The second-order valence-corrected chi connectivity index (χ2v) is 9.45. The number of nitrogens with one attached hydrogen (secondary N) is 3. The molecule has 0 saturated carbocycles. The zero-order chi connectivity index (χ0) is 27.5. The Morgan fingerprint density at radius 1 is 1.11 bits per heavy atom. The van der Waals surface area contributed by atoms with E-state index >= 15 is 0 Å². The summed E-state index contributed by atoms with van der Waals surface area (Å²) in [6.07, 6.45) is 3.72. The van der Waals surface area contributed by atoms with Crippen molar-refractivity contribution in [2.24, 2.45) is 0 Å². The standard InChI is InChI=1S/C30H39N3O5/c1-5-10-25(32-20(3)34)30(36)33-27(16-21-11-8-7-9-12-21)28(35)19-31-26-18-29(38-15-6-2)23-14-13-22(37-4)17-24(23)26/h5-9,11-14,17,25-29,31,35H,1-2,10,15-16,18-19H2,3-4H3,(H,32,34)(H,33,36)/t25?,26-,27-,28-,29+/m0/s1. The Labute approximate surface area is 225 Å². The van der Waals surface area contributed by atoms with Gasteiger partial charge in [0.15, 0.2) is 0 Å². The van der Waals surface area contributed by atoms with Gasteiger partial charge in [0.25, 0.3) is 0 Å². The predicted molar refractivity (Wildman–Crippen MR) is 148 cm³/mol. The van der Waals surface area contributed by atoms with Gasteiger partial charge in [-0.15, -0.1) is 13.2 Å². The van der Waals surface area contributed by atoms with Gasteiger partial charge in [-0.2, -0.15) is 0 Å². The van der Waals surface area contributed by atoms with Crippen LogP contribution in [0, 0.1) is 0 Å². The molecule has 1 aliphatic rings. The summed E-state index contributed by atoms with van der Waals surface area (Å²) in [7, 11) is 1.63. The van der Waals surface area contributed by atoms with Gasteiger partial charge in [0.05, 0.1) is 32.0 Å². The SMILES string of the molecule is C=CCO[C@@H]1C[C@H](NC[C@H](O)[C@H](Cc2ccccc2)NC(=O)C(CC=C)NC(C)=O)c2cc(OC)ccc21. The zero-order valence-electron chi connectivity index (χ0n) is 22.2. The molecule has 4 N–H and O–H groups in total. The fourth-order valence-corrected chi connectivity index (χ4v) is 4.76. The minimum atomic E-state index is -0.900. The monoisotopic (exact) mass is 521 g/mol. The maximum Gasteiger partial charge on any atom is 0.243 e. The summed E-state index contributed by atoms with van der Waals surface area (Å²) in [5.41, 5.74) is 3.12. The largest absolute Gasteiger partial charge is 0.497 e. The number of fused-ring (bicyclic) bond motifs is 1. The van der Waals surface area contributed by atoms with Gasteiger partial charge in [-0.25, -0.2) is 0 Å². The van der Waals surface area contributed by atoms with E-state index in [1.165, 1.54) is 6.92 Å². The maximum atomic E-state index is 13.1. The maximum absolute atomic E-state index is 13.1. The van der Waals surface area contributed by atoms with E-state index in [4.69, 9.17) is 9.47 Å². The molecule has 1 unspecified atom stereocenters. The van der Waals surface area contributed by atoms with Crippen LogP contribution in [-0.2, 0) is 20.7 Å². The van der Waals surface area contributed by atoms with E-state index in [1.807, 2.05) is 48.5 Å². The predicted octanol–water partition coefficient (Wildman–Crippen LogP) is 3.14. The van der Waals surface area contributed by atoms with E-state index in [-0.39, 0.29) is 36.9 Å². The van der Waals surface area contributed by atoms with Crippen molar-refractivity contribution in [1.82, 2.24) is 16.0 Å². The van der Waals surface area contributed by atoms with Gasteiger partial charge in [-0.1, -0.05) is 48.6 Å². The van der Waals surface area contributed by atoms with Crippen LogP contribution in [0.15, 0.2) is 73.8 Å². The Morgan fingerprint density at radius 3 is 2.53 bits per heavy atom. The van der Waals surface area contributed by atoms with Crippen molar-refractivity contribution in [3.63, 3.8) is 0 Å². The molecule has 0 fully saturated rings. The summed E-state index contributed by atoms with van der Waals surface area (Å²) in [5, 5.41) is 20.4. The van der Waals surface area contributed by atoms with E-state index in [2.05, 4.69) is 29.1 Å². The van der Waals surface area contributed by atoms with Crippen LogP contribution in [0.5, 0.6) is 5.75 Å².